The van der Waals surface area contributed by atoms with Crippen molar-refractivity contribution >= 4 is 21.9 Å². The maximum atomic E-state index is 12.4. The second kappa shape index (κ2) is 3.07. The Kier molecular flexibility index (Phi) is 1.63. The zero-order valence-corrected chi connectivity index (χ0v) is 9.43. The van der Waals surface area contributed by atoms with E-state index in [-0.39, 0.29) is 16.4 Å². The van der Waals surface area contributed by atoms with Crippen molar-refractivity contribution < 1.29 is 0 Å². The number of benzene rings is 1. The molecule has 88 valence electrons. The number of aryl methyl sites for hydroxylation is 2. The van der Waals surface area contributed by atoms with E-state index in [1.54, 1.807) is 6.07 Å². The molecular formula is C13H9N3O2. The van der Waals surface area contributed by atoms with Crippen LogP contribution in [0.3, 0.4) is 0 Å². The number of nitrogens with zero attached hydrogens (tertiary/aromatic N) is 2. The van der Waals surface area contributed by atoms with E-state index < -0.39 is 0 Å². The lowest BCUT2D eigenvalue weighted by molar-refractivity contribution is 0.782. The summed E-state index contributed by atoms with van der Waals surface area (Å²) in [6, 6.07) is 5.66. The molecule has 5 heteroatoms. The van der Waals surface area contributed by atoms with Gasteiger partial charge in [-0.25, -0.2) is 4.98 Å². The van der Waals surface area contributed by atoms with E-state index in [2.05, 4.69) is 9.97 Å². The van der Waals surface area contributed by atoms with Crippen molar-refractivity contribution in [1.29, 1.82) is 0 Å². The van der Waals surface area contributed by atoms with Gasteiger partial charge < -0.3 is 9.55 Å². The first kappa shape index (κ1) is 9.58. The fraction of sp³-hybridized carbons (Fsp3) is 0.154. The second-order valence-electron chi connectivity index (χ2n) is 4.47. The van der Waals surface area contributed by atoms with Crippen LogP contribution in [0.5, 0.6) is 0 Å². The molecule has 2 aromatic heterocycles. The van der Waals surface area contributed by atoms with Gasteiger partial charge in [-0.1, -0.05) is 12.1 Å². The highest BCUT2D eigenvalue weighted by Crippen LogP contribution is 2.25. The summed E-state index contributed by atoms with van der Waals surface area (Å²) in [5.41, 5.74) is 1.96. The molecule has 0 spiro atoms. The first-order chi connectivity index (χ1) is 8.77. The summed E-state index contributed by atoms with van der Waals surface area (Å²) in [6.45, 7) is 0.767. The first-order valence-corrected chi connectivity index (χ1v) is 5.79. The number of nitrogens with one attached hydrogen (secondary N) is 1. The maximum absolute atomic E-state index is 12.4. The third-order valence-electron chi connectivity index (χ3n) is 3.55. The monoisotopic (exact) mass is 239 g/mol. The van der Waals surface area contributed by atoms with Gasteiger partial charge >= 0.3 is 0 Å². The second-order valence-corrected chi connectivity index (χ2v) is 4.47. The molecule has 0 aliphatic carbocycles. The highest BCUT2D eigenvalue weighted by molar-refractivity contribution is 5.93. The smallest absolute Gasteiger partial charge is 0.264 e. The molecule has 0 radical (unpaired) electrons. The molecule has 18 heavy (non-hydrogen) atoms. The molecule has 0 atom stereocenters. The Hall–Kier alpha value is -2.43. The Balaban J connectivity index is 2.47. The fourth-order valence-corrected chi connectivity index (χ4v) is 2.79. The van der Waals surface area contributed by atoms with Crippen LogP contribution in [0.2, 0.25) is 0 Å². The summed E-state index contributed by atoms with van der Waals surface area (Å²) in [6.07, 6.45) is 2.23. The fourth-order valence-electron chi connectivity index (χ4n) is 2.79. The molecule has 0 bridgehead atoms. The van der Waals surface area contributed by atoms with Crippen molar-refractivity contribution in [2.75, 3.05) is 0 Å². The lowest BCUT2D eigenvalue weighted by atomic mass is 10.1. The summed E-state index contributed by atoms with van der Waals surface area (Å²) in [7, 11) is 0. The van der Waals surface area contributed by atoms with E-state index in [9.17, 15) is 9.59 Å². The van der Waals surface area contributed by atoms with E-state index in [0.29, 0.717) is 11.0 Å². The number of fused-ring (bicyclic) bond motifs is 2. The van der Waals surface area contributed by atoms with E-state index >= 15 is 0 Å². The van der Waals surface area contributed by atoms with Gasteiger partial charge in [0.1, 0.15) is 5.39 Å². The van der Waals surface area contributed by atoms with Crippen LogP contribution in [0.4, 0.5) is 0 Å². The molecule has 0 saturated heterocycles. The third kappa shape index (κ3) is 0.989. The minimum atomic E-state index is -0.368. The zero-order valence-electron chi connectivity index (χ0n) is 9.43. The number of hydrogen-bond donors (Lipinski definition) is 1. The average Bonchev–Trinajstić information content (AvgIpc) is 2.80. The maximum Gasteiger partial charge on any atom is 0.264 e. The molecule has 0 saturated carbocycles. The van der Waals surface area contributed by atoms with Crippen LogP contribution in [0.15, 0.2) is 34.1 Å². The summed E-state index contributed by atoms with van der Waals surface area (Å²) in [5, 5.41) is 0.764. The van der Waals surface area contributed by atoms with Gasteiger partial charge in [0.2, 0.25) is 5.43 Å². The van der Waals surface area contributed by atoms with Crippen LogP contribution in [0, 0.1) is 0 Å². The summed E-state index contributed by atoms with van der Waals surface area (Å²) < 4.78 is 1.97. The minimum Gasteiger partial charge on any atom is -0.324 e. The average molecular weight is 239 g/mol. The molecule has 3 heterocycles. The van der Waals surface area contributed by atoms with Crippen molar-refractivity contribution in [1.82, 2.24) is 14.5 Å². The Labute approximate surface area is 101 Å². The highest BCUT2D eigenvalue weighted by Gasteiger charge is 2.20. The summed E-state index contributed by atoms with van der Waals surface area (Å²) >= 11 is 0. The quantitative estimate of drug-likeness (QED) is 0.590. The number of aromatic nitrogens is 3. The first-order valence-electron chi connectivity index (χ1n) is 5.79. The van der Waals surface area contributed by atoms with Crippen LogP contribution in [-0.4, -0.2) is 14.5 Å². The van der Waals surface area contributed by atoms with Crippen molar-refractivity contribution in [3.8, 4) is 0 Å². The largest absolute Gasteiger partial charge is 0.324 e. The SMILES string of the molecule is O=c1[nH]cnc2c1c(=O)c1cccc3c1n2CC3. The molecule has 0 unspecified atom stereocenters. The molecule has 4 rings (SSSR count). The molecule has 1 aliphatic rings. The Morgan fingerprint density at radius 2 is 2.17 bits per heavy atom. The third-order valence-corrected chi connectivity index (χ3v) is 3.55. The number of rotatable bonds is 0. The molecule has 1 aromatic carbocycles. The van der Waals surface area contributed by atoms with E-state index in [4.69, 9.17) is 0 Å². The lowest BCUT2D eigenvalue weighted by Gasteiger charge is -2.07. The molecule has 1 N–H and O–H groups in total. The minimum absolute atomic E-state index is 0.157. The topological polar surface area (TPSA) is 67.8 Å². The van der Waals surface area contributed by atoms with Crippen LogP contribution in [0.1, 0.15) is 5.56 Å². The van der Waals surface area contributed by atoms with Gasteiger partial charge in [-0.05, 0) is 18.1 Å². The van der Waals surface area contributed by atoms with Gasteiger partial charge in [-0.3, -0.25) is 9.59 Å². The Morgan fingerprint density at radius 3 is 3.06 bits per heavy atom. The highest BCUT2D eigenvalue weighted by atomic mass is 16.1. The number of hydrogen-bond acceptors (Lipinski definition) is 3. The molecule has 3 aromatic rings. The molecular weight excluding hydrogens is 230 g/mol. The Bertz CT molecular complexity index is 921. The van der Waals surface area contributed by atoms with E-state index in [1.165, 1.54) is 6.33 Å². The van der Waals surface area contributed by atoms with Gasteiger partial charge in [-0.2, -0.15) is 0 Å². The van der Waals surface area contributed by atoms with Gasteiger partial charge in [0, 0.05) is 11.9 Å². The predicted octanol–water partition coefficient (Wildman–Crippen LogP) is 0.794. The van der Waals surface area contributed by atoms with Gasteiger partial charge in [0.25, 0.3) is 5.56 Å². The van der Waals surface area contributed by atoms with Crippen LogP contribution >= 0.6 is 0 Å². The molecule has 0 fully saturated rings. The van der Waals surface area contributed by atoms with E-state index in [1.807, 2.05) is 16.7 Å². The number of para-hydroxylation sites is 1. The number of aromatic amines is 1. The van der Waals surface area contributed by atoms with Gasteiger partial charge in [0.15, 0.2) is 5.65 Å². The van der Waals surface area contributed by atoms with Gasteiger partial charge in [-0.15, -0.1) is 0 Å². The van der Waals surface area contributed by atoms with Crippen molar-refractivity contribution in [3.05, 3.63) is 50.7 Å². The number of H-pyrrole nitrogens is 1. The van der Waals surface area contributed by atoms with Crippen molar-refractivity contribution in [2.24, 2.45) is 0 Å². The van der Waals surface area contributed by atoms with Crippen LogP contribution < -0.4 is 11.0 Å². The van der Waals surface area contributed by atoms with Crippen molar-refractivity contribution in [2.45, 2.75) is 13.0 Å². The predicted molar refractivity (Wildman–Crippen MR) is 67.8 cm³/mol. The normalized spacial score (nSPS) is 13.6. The molecule has 1 aliphatic heterocycles. The van der Waals surface area contributed by atoms with Crippen LogP contribution in [-0.2, 0) is 13.0 Å². The van der Waals surface area contributed by atoms with Gasteiger partial charge in [0.05, 0.1) is 11.8 Å². The number of pyridine rings is 1. The van der Waals surface area contributed by atoms with E-state index in [0.717, 1.165) is 24.0 Å². The Morgan fingerprint density at radius 1 is 1.28 bits per heavy atom. The standard InChI is InChI=1S/C13H9N3O2/c17-11-8-3-1-2-7-4-5-16(10(7)8)12-9(11)13(18)15-6-14-12/h1-3,6H,4-5H2,(H,14,15,18). The molecule has 5 nitrogen and oxygen atoms in total. The molecule has 0 amide bonds. The van der Waals surface area contributed by atoms with Crippen LogP contribution in [0.25, 0.3) is 21.9 Å². The van der Waals surface area contributed by atoms with Crippen molar-refractivity contribution in [3.63, 3.8) is 0 Å². The lowest BCUT2D eigenvalue weighted by Crippen LogP contribution is -2.20. The summed E-state index contributed by atoms with van der Waals surface area (Å²) in [4.78, 5) is 30.8. The summed E-state index contributed by atoms with van der Waals surface area (Å²) in [5.74, 6) is 0. The zero-order chi connectivity index (χ0) is 12.3.